The molecule has 0 aliphatic heterocycles. The fourth-order valence-corrected chi connectivity index (χ4v) is 10.1. The number of Topliss-reactive ketones (excluding diaryl/α,β-unsaturated/α-hetero) is 2. The Morgan fingerprint density at radius 3 is 2.05 bits per heavy atom. The Bertz CT molecular complexity index is 2430. The van der Waals surface area contributed by atoms with Gasteiger partial charge in [0.25, 0.3) is 5.88 Å². The van der Waals surface area contributed by atoms with Crippen molar-refractivity contribution in [2.24, 2.45) is 11.8 Å². The van der Waals surface area contributed by atoms with Gasteiger partial charge in [-0.15, -0.1) is 0 Å². The molecule has 15 heteroatoms. The van der Waals surface area contributed by atoms with E-state index in [9.17, 15) is 14.7 Å². The molecule has 7 rings (SSSR count). The number of ether oxygens (including phenoxy) is 5. The van der Waals surface area contributed by atoms with Crippen molar-refractivity contribution < 1.29 is 56.9 Å². The smallest absolute Gasteiger partial charge is 0.507 e. The molecular formula is C48H56N2O12Si. The Morgan fingerprint density at radius 2 is 1.46 bits per heavy atom. The number of aromatic nitrogens is 1. The zero-order valence-corrected chi connectivity index (χ0v) is 38.6. The first-order chi connectivity index (χ1) is 29.6. The maximum Gasteiger partial charge on any atom is 0.514 e. The van der Waals surface area contributed by atoms with Crippen LogP contribution in [0.15, 0.2) is 89.0 Å². The van der Waals surface area contributed by atoms with Gasteiger partial charge in [-0.25, -0.2) is 9.59 Å². The van der Waals surface area contributed by atoms with Crippen LogP contribution in [0.1, 0.15) is 98.8 Å². The summed E-state index contributed by atoms with van der Waals surface area (Å²) in [4.78, 5) is 61.2. The zero-order valence-electron chi connectivity index (χ0n) is 37.6. The molecule has 3 aliphatic carbocycles. The average molecular weight is 881 g/mol. The van der Waals surface area contributed by atoms with Crippen molar-refractivity contribution in [1.82, 2.24) is 10.1 Å². The van der Waals surface area contributed by atoms with Crippen LogP contribution in [0.3, 0.4) is 0 Å². The summed E-state index contributed by atoms with van der Waals surface area (Å²) < 4.78 is 42.9. The number of carbonyl (C=O) groups is 4. The first kappa shape index (κ1) is 45.3. The molecule has 0 unspecified atom stereocenters. The molecule has 0 bridgehead atoms. The zero-order chi connectivity index (χ0) is 45.8. The quantitative estimate of drug-likeness (QED) is 0.0690. The first-order valence-electron chi connectivity index (χ1n) is 21.0. The van der Waals surface area contributed by atoms with Crippen LogP contribution in [0, 0.1) is 11.8 Å². The van der Waals surface area contributed by atoms with Gasteiger partial charge in [0.2, 0.25) is 11.6 Å². The van der Waals surface area contributed by atoms with Gasteiger partial charge in [-0.2, -0.15) is 0 Å². The highest BCUT2D eigenvalue weighted by Gasteiger charge is 2.73. The molecule has 1 fully saturated rings. The van der Waals surface area contributed by atoms with Crippen LogP contribution in [-0.2, 0) is 36.6 Å². The third kappa shape index (κ3) is 8.29. The minimum Gasteiger partial charge on any atom is -0.507 e. The highest BCUT2D eigenvalue weighted by atomic mass is 28.4. The van der Waals surface area contributed by atoms with E-state index in [0.29, 0.717) is 11.1 Å². The van der Waals surface area contributed by atoms with Crippen molar-refractivity contribution in [3.05, 3.63) is 118 Å². The Balaban J connectivity index is 1.48. The predicted octanol–water partition coefficient (Wildman–Crippen LogP) is 9.75. The highest BCUT2D eigenvalue weighted by Crippen LogP contribution is 2.62. The van der Waals surface area contributed by atoms with Crippen LogP contribution >= 0.6 is 0 Å². The van der Waals surface area contributed by atoms with Crippen LogP contribution in [0.2, 0.25) is 18.1 Å². The molecule has 14 nitrogen and oxygen atoms in total. The van der Waals surface area contributed by atoms with Crippen LogP contribution in [0.4, 0.5) is 9.59 Å². The maximum atomic E-state index is 16.2. The van der Waals surface area contributed by atoms with Crippen molar-refractivity contribution >= 4 is 38.0 Å². The number of ketones is 2. The van der Waals surface area contributed by atoms with E-state index in [0.717, 1.165) is 5.56 Å². The van der Waals surface area contributed by atoms with Gasteiger partial charge in [-0.3, -0.25) is 14.5 Å². The second-order valence-corrected chi connectivity index (χ2v) is 23.9. The summed E-state index contributed by atoms with van der Waals surface area (Å²) in [5.74, 6) is -5.42. The topological polar surface area (TPSA) is 173 Å². The minimum absolute atomic E-state index is 0.0227. The van der Waals surface area contributed by atoms with Crippen LogP contribution in [0.25, 0.3) is 5.76 Å². The Kier molecular flexibility index (Phi) is 12.0. The summed E-state index contributed by atoms with van der Waals surface area (Å²) in [7, 11) is 0.300. The van der Waals surface area contributed by atoms with Crippen LogP contribution in [-0.4, -0.2) is 78.8 Å². The molecule has 1 N–H and O–H groups in total. The average Bonchev–Trinajstić information content (AvgIpc) is 3.63. The number of fused-ring (bicyclic) bond motifs is 4. The summed E-state index contributed by atoms with van der Waals surface area (Å²) in [6, 6.07) is 22.2. The fraction of sp³-hybridized carbons (Fsp3) is 0.438. The second-order valence-electron chi connectivity index (χ2n) is 19.2. The summed E-state index contributed by atoms with van der Waals surface area (Å²) in [5, 5.41) is 16.4. The fourth-order valence-electron chi connectivity index (χ4n) is 8.68. The summed E-state index contributed by atoms with van der Waals surface area (Å²) in [6.45, 7) is 16.5. The van der Waals surface area contributed by atoms with Gasteiger partial charge in [0.15, 0.2) is 19.7 Å². The van der Waals surface area contributed by atoms with Gasteiger partial charge < -0.3 is 37.7 Å². The summed E-state index contributed by atoms with van der Waals surface area (Å²) in [5.41, 5.74) is -1.66. The van der Waals surface area contributed by atoms with E-state index in [1.165, 1.54) is 6.07 Å². The third-order valence-electron chi connectivity index (χ3n) is 12.5. The third-order valence-corrected chi connectivity index (χ3v) is 17.0. The molecule has 0 saturated heterocycles. The number of aliphatic hydroxyl groups excluding tert-OH is 1. The molecule has 0 spiro atoms. The molecular weight excluding hydrogens is 825 g/mol. The van der Waals surface area contributed by atoms with Gasteiger partial charge in [0.1, 0.15) is 42.0 Å². The number of rotatable bonds is 10. The number of carbonyl (C=O) groups excluding carboxylic acids is 4. The van der Waals surface area contributed by atoms with E-state index in [-0.39, 0.29) is 47.3 Å². The summed E-state index contributed by atoms with van der Waals surface area (Å²) in [6.07, 6.45) is -3.48. The molecule has 0 amide bonds. The Hall–Kier alpha value is -5.77. The van der Waals surface area contributed by atoms with Gasteiger partial charge >= 0.3 is 12.3 Å². The number of hydrogen-bond donors (Lipinski definition) is 1. The van der Waals surface area contributed by atoms with Gasteiger partial charge in [-0.1, -0.05) is 100 Å². The predicted molar refractivity (Wildman–Crippen MR) is 234 cm³/mol. The van der Waals surface area contributed by atoms with Gasteiger partial charge in [0.05, 0.1) is 17.5 Å². The molecule has 3 aliphatic rings. The molecule has 334 valence electrons. The molecule has 3 aromatic carbocycles. The standard InChI is InChI=1S/C48H56N2O12Si/c1-27-30-23-18-24-31(58-45(55)60-46(2,3)4)33(30)38(51)34-32(27)39(59-44(54)57-26-29-21-16-13-17-22-29)36-37(50(8)9)40-35(43(49-61-40)56-25-28-19-14-12-15-20-28)42(53)48(36,41(34)52)62-63(10,11)47(5,6)7/h12-24,27,32,36-37,39,51H,25-26H2,1-11H3/t27-,32+,36+,37-,39-,48-/m0/s1. The second kappa shape index (κ2) is 16.7. The number of nitrogens with zero attached hydrogens (tertiary/aromatic N) is 2. The maximum absolute atomic E-state index is 16.2. The molecule has 6 atom stereocenters. The lowest BCUT2D eigenvalue weighted by atomic mass is 9.53. The molecule has 1 aromatic heterocycles. The number of aliphatic hydroxyl groups is 1. The Morgan fingerprint density at radius 1 is 0.841 bits per heavy atom. The number of benzene rings is 3. The first-order valence-corrected chi connectivity index (χ1v) is 23.9. The normalized spacial score (nSPS) is 23.3. The van der Waals surface area contributed by atoms with Gasteiger partial charge in [-0.05, 0) is 86.8 Å². The molecule has 4 aromatic rings. The SMILES string of the molecule is C[C@H]1c2cccc(OC(=O)OC(C)(C)C)c2C(O)=C2C(=O)[C@]3(O[Si](C)(C)C(C)(C)C)C(=O)c4c(OCc5ccccc5)noc4[C@@H](N(C)C)[C@@H]3[C@@H](OC(=O)OCc3ccccc3)[C@@H]21. The van der Waals surface area contributed by atoms with Crippen molar-refractivity contribution in [3.8, 4) is 11.6 Å². The molecule has 1 heterocycles. The van der Waals surface area contributed by atoms with Crippen molar-refractivity contribution in [1.29, 1.82) is 0 Å². The van der Waals surface area contributed by atoms with E-state index in [1.807, 2.05) is 89.3 Å². The van der Waals surface area contributed by atoms with E-state index in [4.69, 9.17) is 32.6 Å². The van der Waals surface area contributed by atoms with Gasteiger partial charge in [0, 0.05) is 11.5 Å². The van der Waals surface area contributed by atoms with Crippen molar-refractivity contribution in [2.45, 2.75) is 109 Å². The van der Waals surface area contributed by atoms with E-state index in [2.05, 4.69) is 5.16 Å². The van der Waals surface area contributed by atoms with Crippen LogP contribution in [0.5, 0.6) is 11.6 Å². The lowest BCUT2D eigenvalue weighted by Crippen LogP contribution is -2.72. The lowest BCUT2D eigenvalue weighted by molar-refractivity contribution is -0.158. The lowest BCUT2D eigenvalue weighted by Gasteiger charge is -2.57. The molecule has 63 heavy (non-hydrogen) atoms. The van der Waals surface area contributed by atoms with E-state index in [1.54, 1.807) is 64.0 Å². The molecule has 1 saturated carbocycles. The number of hydrogen-bond acceptors (Lipinski definition) is 14. The minimum atomic E-state index is -3.21. The van der Waals surface area contributed by atoms with E-state index >= 15 is 9.59 Å². The molecule has 0 radical (unpaired) electrons. The van der Waals surface area contributed by atoms with E-state index < -0.39 is 84.1 Å². The monoisotopic (exact) mass is 880 g/mol. The van der Waals surface area contributed by atoms with Crippen molar-refractivity contribution in [3.63, 3.8) is 0 Å². The largest absolute Gasteiger partial charge is 0.514 e. The van der Waals surface area contributed by atoms with Crippen LogP contribution < -0.4 is 9.47 Å². The Labute approximate surface area is 368 Å². The van der Waals surface area contributed by atoms with Crippen molar-refractivity contribution in [2.75, 3.05) is 14.1 Å². The summed E-state index contributed by atoms with van der Waals surface area (Å²) >= 11 is 0. The highest BCUT2D eigenvalue weighted by molar-refractivity contribution is 6.74.